The molecule has 0 fully saturated rings. The molecule has 3 nitrogen and oxygen atoms in total. The van der Waals surface area contributed by atoms with Gasteiger partial charge in [-0.2, -0.15) is 0 Å². The minimum absolute atomic E-state index is 0.101. The van der Waals surface area contributed by atoms with Crippen LogP contribution in [-0.4, -0.2) is 17.6 Å². The van der Waals surface area contributed by atoms with Crippen LogP contribution in [0.15, 0.2) is 18.2 Å². The van der Waals surface area contributed by atoms with E-state index in [1.807, 2.05) is 6.92 Å². The Kier molecular flexibility index (Phi) is 5.68. The van der Waals surface area contributed by atoms with Crippen LogP contribution in [-0.2, 0) is 11.2 Å². The summed E-state index contributed by atoms with van der Waals surface area (Å²) in [6.45, 7) is 2.55. The van der Waals surface area contributed by atoms with Crippen molar-refractivity contribution in [3.05, 3.63) is 33.8 Å². The highest BCUT2D eigenvalue weighted by atomic mass is 35.5. The SMILES string of the molecule is CCNC(=S)NC(=O)Cc1c(Cl)cccc1Cl. The van der Waals surface area contributed by atoms with Gasteiger partial charge in [-0.3, -0.25) is 4.79 Å². The van der Waals surface area contributed by atoms with Crippen LogP contribution in [0.4, 0.5) is 0 Å². The maximum atomic E-state index is 11.6. The van der Waals surface area contributed by atoms with Crippen LogP contribution in [0.3, 0.4) is 0 Å². The number of halogens is 2. The summed E-state index contributed by atoms with van der Waals surface area (Å²) in [7, 11) is 0. The van der Waals surface area contributed by atoms with E-state index in [0.717, 1.165) is 0 Å². The summed E-state index contributed by atoms with van der Waals surface area (Å²) in [6, 6.07) is 5.12. The van der Waals surface area contributed by atoms with Crippen molar-refractivity contribution in [3.63, 3.8) is 0 Å². The largest absolute Gasteiger partial charge is 0.363 e. The summed E-state index contributed by atoms with van der Waals surface area (Å²) < 4.78 is 0. The Morgan fingerprint density at radius 2 is 1.94 bits per heavy atom. The first-order valence-corrected chi connectivity index (χ1v) is 6.21. The summed E-state index contributed by atoms with van der Waals surface area (Å²) >= 11 is 16.8. The Morgan fingerprint density at radius 3 is 2.47 bits per heavy atom. The lowest BCUT2D eigenvalue weighted by atomic mass is 10.1. The normalized spacial score (nSPS) is 9.82. The van der Waals surface area contributed by atoms with Gasteiger partial charge >= 0.3 is 0 Å². The van der Waals surface area contributed by atoms with Crippen LogP contribution in [0.5, 0.6) is 0 Å². The van der Waals surface area contributed by atoms with E-state index in [9.17, 15) is 4.79 Å². The van der Waals surface area contributed by atoms with Crippen molar-refractivity contribution in [3.8, 4) is 0 Å². The number of thiocarbonyl (C=S) groups is 1. The number of hydrogen-bond donors (Lipinski definition) is 2. The number of amides is 1. The highest BCUT2D eigenvalue weighted by molar-refractivity contribution is 7.80. The van der Waals surface area contributed by atoms with Crippen molar-refractivity contribution >= 4 is 46.4 Å². The molecule has 1 aromatic carbocycles. The number of carbonyl (C=O) groups excluding carboxylic acids is 1. The molecular formula is C11H12Cl2N2OS. The maximum absolute atomic E-state index is 11.6. The van der Waals surface area contributed by atoms with Gasteiger partial charge in [-0.15, -0.1) is 0 Å². The van der Waals surface area contributed by atoms with E-state index in [-0.39, 0.29) is 12.3 Å². The molecule has 2 N–H and O–H groups in total. The monoisotopic (exact) mass is 290 g/mol. The molecule has 0 radical (unpaired) electrons. The van der Waals surface area contributed by atoms with E-state index in [1.165, 1.54) is 0 Å². The average molecular weight is 291 g/mol. The van der Waals surface area contributed by atoms with E-state index in [4.69, 9.17) is 35.4 Å². The molecule has 1 rings (SSSR count). The van der Waals surface area contributed by atoms with Crippen LogP contribution in [0.2, 0.25) is 10.0 Å². The molecule has 0 aromatic heterocycles. The highest BCUT2D eigenvalue weighted by Gasteiger charge is 2.11. The fourth-order valence-electron chi connectivity index (χ4n) is 1.24. The third-order valence-corrected chi connectivity index (χ3v) is 2.94. The fraction of sp³-hybridized carbons (Fsp3) is 0.273. The zero-order chi connectivity index (χ0) is 12.8. The van der Waals surface area contributed by atoms with Crippen LogP contribution >= 0.6 is 35.4 Å². The highest BCUT2D eigenvalue weighted by Crippen LogP contribution is 2.24. The van der Waals surface area contributed by atoms with Crippen molar-refractivity contribution in [2.45, 2.75) is 13.3 Å². The third-order valence-electron chi connectivity index (χ3n) is 1.99. The molecule has 0 bridgehead atoms. The molecule has 17 heavy (non-hydrogen) atoms. The predicted molar refractivity (Wildman–Crippen MR) is 74.6 cm³/mol. The van der Waals surface area contributed by atoms with Gasteiger partial charge in [0, 0.05) is 16.6 Å². The van der Waals surface area contributed by atoms with Gasteiger partial charge in [0.1, 0.15) is 0 Å². The van der Waals surface area contributed by atoms with Gasteiger partial charge in [-0.25, -0.2) is 0 Å². The van der Waals surface area contributed by atoms with Gasteiger partial charge in [-0.1, -0.05) is 29.3 Å². The zero-order valence-corrected chi connectivity index (χ0v) is 11.5. The summed E-state index contributed by atoms with van der Waals surface area (Å²) in [6.07, 6.45) is 0.101. The number of rotatable bonds is 3. The summed E-state index contributed by atoms with van der Waals surface area (Å²) in [5, 5.41) is 6.63. The molecule has 0 aliphatic rings. The van der Waals surface area contributed by atoms with Gasteiger partial charge in [-0.05, 0) is 36.8 Å². The van der Waals surface area contributed by atoms with E-state index in [1.54, 1.807) is 18.2 Å². The van der Waals surface area contributed by atoms with E-state index in [2.05, 4.69) is 10.6 Å². The maximum Gasteiger partial charge on any atom is 0.230 e. The Morgan fingerprint density at radius 1 is 1.35 bits per heavy atom. The van der Waals surface area contributed by atoms with Gasteiger partial charge in [0.15, 0.2) is 5.11 Å². The van der Waals surface area contributed by atoms with Crippen molar-refractivity contribution in [2.24, 2.45) is 0 Å². The summed E-state index contributed by atoms with van der Waals surface area (Å²) in [4.78, 5) is 11.6. The first-order valence-electron chi connectivity index (χ1n) is 5.05. The van der Waals surface area contributed by atoms with E-state index < -0.39 is 0 Å². The molecule has 0 saturated heterocycles. The number of hydrogen-bond acceptors (Lipinski definition) is 2. The second-order valence-corrected chi connectivity index (χ2v) is 4.51. The van der Waals surface area contributed by atoms with Crippen LogP contribution < -0.4 is 10.6 Å². The van der Waals surface area contributed by atoms with Crippen LogP contribution in [0.25, 0.3) is 0 Å². The standard InChI is InChI=1S/C11H12Cl2N2OS/c1-2-14-11(17)15-10(16)6-7-8(12)4-3-5-9(7)13/h3-5H,2,6H2,1H3,(H2,14,15,16,17). The molecule has 6 heteroatoms. The smallest absolute Gasteiger partial charge is 0.230 e. The van der Waals surface area contributed by atoms with Crippen LogP contribution in [0, 0.1) is 0 Å². The molecule has 0 heterocycles. The van der Waals surface area contributed by atoms with Gasteiger partial charge in [0.25, 0.3) is 0 Å². The molecular weight excluding hydrogens is 279 g/mol. The lowest BCUT2D eigenvalue weighted by Gasteiger charge is -2.09. The molecule has 0 aliphatic carbocycles. The number of nitrogens with one attached hydrogen (secondary N) is 2. The second-order valence-electron chi connectivity index (χ2n) is 3.28. The summed E-state index contributed by atoms with van der Waals surface area (Å²) in [5.74, 6) is -0.244. The first-order chi connectivity index (χ1) is 8.04. The molecule has 1 amide bonds. The Balaban J connectivity index is 2.65. The molecule has 0 aliphatic heterocycles. The molecule has 0 unspecified atom stereocenters. The summed E-state index contributed by atoms with van der Waals surface area (Å²) in [5.41, 5.74) is 0.604. The molecule has 92 valence electrons. The molecule has 1 aromatic rings. The fourth-order valence-corrected chi connectivity index (χ4v) is 2.03. The quantitative estimate of drug-likeness (QED) is 0.841. The Labute approximate surface area is 115 Å². The van der Waals surface area contributed by atoms with Gasteiger partial charge < -0.3 is 10.6 Å². The first kappa shape index (κ1) is 14.2. The zero-order valence-electron chi connectivity index (χ0n) is 9.22. The van der Waals surface area contributed by atoms with E-state index in [0.29, 0.717) is 27.3 Å². The van der Waals surface area contributed by atoms with E-state index >= 15 is 0 Å². The van der Waals surface area contributed by atoms with Crippen molar-refractivity contribution < 1.29 is 4.79 Å². The van der Waals surface area contributed by atoms with Crippen LogP contribution in [0.1, 0.15) is 12.5 Å². The van der Waals surface area contributed by atoms with Gasteiger partial charge in [0.2, 0.25) is 5.91 Å². The Hall–Kier alpha value is -0.840. The number of carbonyl (C=O) groups is 1. The van der Waals surface area contributed by atoms with Crippen molar-refractivity contribution in [2.75, 3.05) is 6.54 Å². The lowest BCUT2D eigenvalue weighted by Crippen LogP contribution is -2.39. The minimum atomic E-state index is -0.244. The number of benzene rings is 1. The average Bonchev–Trinajstić information content (AvgIpc) is 2.24. The molecule has 0 spiro atoms. The van der Waals surface area contributed by atoms with Gasteiger partial charge in [0.05, 0.1) is 6.42 Å². The molecule has 0 saturated carbocycles. The third kappa shape index (κ3) is 4.50. The second kappa shape index (κ2) is 6.79. The predicted octanol–water partition coefficient (Wildman–Crippen LogP) is 2.55. The van der Waals surface area contributed by atoms with Crippen molar-refractivity contribution in [1.29, 1.82) is 0 Å². The lowest BCUT2D eigenvalue weighted by molar-refractivity contribution is -0.119. The topological polar surface area (TPSA) is 41.1 Å². The Bertz CT molecular complexity index is 417. The molecule has 0 atom stereocenters. The van der Waals surface area contributed by atoms with Crippen molar-refractivity contribution in [1.82, 2.24) is 10.6 Å². The minimum Gasteiger partial charge on any atom is -0.363 e.